The van der Waals surface area contributed by atoms with Crippen LogP contribution in [0.4, 0.5) is 18.9 Å². The maximum atomic E-state index is 13.0. The van der Waals surface area contributed by atoms with Gasteiger partial charge in [-0.3, -0.25) is 15.1 Å². The quantitative estimate of drug-likeness (QED) is 0.565. The van der Waals surface area contributed by atoms with Gasteiger partial charge in [0.15, 0.2) is 16.7 Å². The third-order valence-corrected chi connectivity index (χ3v) is 5.20. The highest BCUT2D eigenvalue weighted by Crippen LogP contribution is 2.38. The Balaban J connectivity index is 1.87. The number of ether oxygens (including phenoxy) is 2. The summed E-state index contributed by atoms with van der Waals surface area (Å²) in [6.45, 7) is 4.58. The van der Waals surface area contributed by atoms with Crippen LogP contribution in [-0.4, -0.2) is 24.8 Å². The number of benzene rings is 2. The Labute approximate surface area is 182 Å². The average molecular weight is 450 g/mol. The number of amides is 1. The molecule has 2 aromatic rings. The van der Waals surface area contributed by atoms with E-state index in [-0.39, 0.29) is 15.8 Å². The molecule has 1 amide bonds. The van der Waals surface area contributed by atoms with Crippen molar-refractivity contribution in [2.24, 2.45) is 5.92 Å². The lowest BCUT2D eigenvalue weighted by Crippen LogP contribution is -2.28. The van der Waals surface area contributed by atoms with Gasteiger partial charge in [-0.1, -0.05) is 26.0 Å². The van der Waals surface area contributed by atoms with Crippen molar-refractivity contribution in [1.29, 1.82) is 5.41 Å². The van der Waals surface area contributed by atoms with E-state index in [9.17, 15) is 18.0 Å². The fourth-order valence-electron chi connectivity index (χ4n) is 2.84. The molecule has 1 fully saturated rings. The highest BCUT2D eigenvalue weighted by molar-refractivity contribution is 8.19. The zero-order valence-electron chi connectivity index (χ0n) is 17.1. The van der Waals surface area contributed by atoms with E-state index in [4.69, 9.17) is 14.9 Å². The van der Waals surface area contributed by atoms with E-state index < -0.39 is 17.6 Å². The van der Waals surface area contributed by atoms with Crippen LogP contribution in [-0.2, 0) is 11.0 Å². The second-order valence-corrected chi connectivity index (χ2v) is 8.25. The molecular formula is C22H21F3N2O3S. The SMILES string of the molecule is COc1cc(/C=C2\SC(=N)N(c3cccc(C(F)(F)F)c3)C2=O)ccc1OCC(C)C. The zero-order valence-corrected chi connectivity index (χ0v) is 17.9. The van der Waals surface area contributed by atoms with Crippen molar-refractivity contribution >= 4 is 34.6 Å². The molecule has 0 bridgehead atoms. The first-order valence-electron chi connectivity index (χ1n) is 9.41. The molecule has 0 atom stereocenters. The highest BCUT2D eigenvalue weighted by atomic mass is 32.2. The molecule has 9 heteroatoms. The summed E-state index contributed by atoms with van der Waals surface area (Å²) in [5, 5.41) is 7.94. The van der Waals surface area contributed by atoms with Crippen LogP contribution in [0.1, 0.15) is 25.0 Å². The summed E-state index contributed by atoms with van der Waals surface area (Å²) in [5.74, 6) is 0.845. The van der Waals surface area contributed by atoms with Crippen LogP contribution in [0.3, 0.4) is 0 Å². The molecule has 2 aromatic carbocycles. The predicted molar refractivity (Wildman–Crippen MR) is 116 cm³/mol. The normalized spacial score (nSPS) is 15.8. The van der Waals surface area contributed by atoms with Crippen molar-refractivity contribution in [2.75, 3.05) is 18.6 Å². The Morgan fingerprint density at radius 1 is 1.16 bits per heavy atom. The largest absolute Gasteiger partial charge is 0.493 e. The molecule has 1 aliphatic rings. The molecule has 1 N–H and O–H groups in total. The van der Waals surface area contributed by atoms with Crippen molar-refractivity contribution < 1.29 is 27.4 Å². The molecule has 0 aliphatic carbocycles. The summed E-state index contributed by atoms with van der Waals surface area (Å²) in [6, 6.07) is 9.55. The number of rotatable bonds is 6. The smallest absolute Gasteiger partial charge is 0.416 e. The van der Waals surface area contributed by atoms with Gasteiger partial charge in [0.2, 0.25) is 0 Å². The van der Waals surface area contributed by atoms with E-state index in [0.29, 0.717) is 29.6 Å². The van der Waals surface area contributed by atoms with Gasteiger partial charge in [0.1, 0.15) is 0 Å². The summed E-state index contributed by atoms with van der Waals surface area (Å²) in [4.78, 5) is 14.0. The number of methoxy groups -OCH3 is 1. The van der Waals surface area contributed by atoms with E-state index in [0.717, 1.165) is 28.8 Å². The second kappa shape index (κ2) is 9.05. The summed E-state index contributed by atoms with van der Waals surface area (Å²) in [7, 11) is 1.51. The number of hydrogen-bond donors (Lipinski definition) is 1. The van der Waals surface area contributed by atoms with Gasteiger partial charge < -0.3 is 9.47 Å². The molecule has 0 unspecified atom stereocenters. The Bertz CT molecular complexity index is 1030. The average Bonchev–Trinajstić information content (AvgIpc) is 2.99. The minimum atomic E-state index is -4.54. The first kappa shape index (κ1) is 22.7. The fourth-order valence-corrected chi connectivity index (χ4v) is 3.71. The van der Waals surface area contributed by atoms with Crippen LogP contribution in [0.2, 0.25) is 0 Å². The maximum Gasteiger partial charge on any atom is 0.416 e. The number of nitrogens with one attached hydrogen (secondary N) is 1. The lowest BCUT2D eigenvalue weighted by molar-refractivity contribution is -0.137. The fraction of sp³-hybridized carbons (Fsp3) is 0.273. The number of nitrogens with zero attached hydrogens (tertiary/aromatic N) is 1. The molecule has 0 saturated carbocycles. The molecule has 0 aromatic heterocycles. The van der Waals surface area contributed by atoms with Crippen molar-refractivity contribution in [3.63, 3.8) is 0 Å². The summed E-state index contributed by atoms with van der Waals surface area (Å²) < 4.78 is 50.1. The second-order valence-electron chi connectivity index (χ2n) is 7.22. The Morgan fingerprint density at radius 2 is 1.90 bits per heavy atom. The van der Waals surface area contributed by atoms with Gasteiger partial charge in [0.25, 0.3) is 5.91 Å². The van der Waals surface area contributed by atoms with Crippen molar-refractivity contribution in [1.82, 2.24) is 0 Å². The number of anilines is 1. The topological polar surface area (TPSA) is 62.6 Å². The zero-order chi connectivity index (χ0) is 22.8. The molecule has 1 heterocycles. The van der Waals surface area contributed by atoms with Crippen molar-refractivity contribution in [3.05, 3.63) is 58.5 Å². The first-order valence-corrected chi connectivity index (χ1v) is 10.2. The van der Waals surface area contributed by atoms with Crippen LogP contribution in [0.25, 0.3) is 6.08 Å². The number of halogens is 3. The number of thioether (sulfide) groups is 1. The van der Waals surface area contributed by atoms with E-state index in [1.54, 1.807) is 24.3 Å². The van der Waals surface area contributed by atoms with Crippen LogP contribution in [0.5, 0.6) is 11.5 Å². The number of amidine groups is 1. The van der Waals surface area contributed by atoms with Gasteiger partial charge in [-0.15, -0.1) is 0 Å². The van der Waals surface area contributed by atoms with Gasteiger partial charge >= 0.3 is 6.18 Å². The molecule has 1 saturated heterocycles. The van der Waals surface area contributed by atoms with E-state index in [1.165, 1.54) is 19.2 Å². The predicted octanol–water partition coefficient (Wildman–Crippen LogP) is 5.80. The lowest BCUT2D eigenvalue weighted by atomic mass is 10.1. The van der Waals surface area contributed by atoms with Gasteiger partial charge in [0, 0.05) is 0 Å². The van der Waals surface area contributed by atoms with Crippen LogP contribution in [0.15, 0.2) is 47.4 Å². The minimum Gasteiger partial charge on any atom is -0.493 e. The molecule has 1 aliphatic heterocycles. The van der Waals surface area contributed by atoms with Crippen LogP contribution >= 0.6 is 11.8 Å². The third kappa shape index (κ3) is 5.22. The molecule has 5 nitrogen and oxygen atoms in total. The van der Waals surface area contributed by atoms with Crippen molar-refractivity contribution in [3.8, 4) is 11.5 Å². The monoisotopic (exact) mass is 450 g/mol. The van der Waals surface area contributed by atoms with Gasteiger partial charge in [-0.05, 0) is 59.7 Å². The highest BCUT2D eigenvalue weighted by Gasteiger charge is 2.36. The first-order chi connectivity index (χ1) is 14.6. The van der Waals surface area contributed by atoms with Crippen LogP contribution < -0.4 is 14.4 Å². The summed E-state index contributed by atoms with van der Waals surface area (Å²) in [6.07, 6.45) is -2.97. The number of alkyl halides is 3. The van der Waals surface area contributed by atoms with Crippen molar-refractivity contribution in [2.45, 2.75) is 20.0 Å². The number of hydrogen-bond acceptors (Lipinski definition) is 5. The Kier molecular flexibility index (Phi) is 6.64. The van der Waals surface area contributed by atoms with Gasteiger partial charge in [-0.2, -0.15) is 13.2 Å². The Hall–Kier alpha value is -2.94. The maximum absolute atomic E-state index is 13.0. The minimum absolute atomic E-state index is 0.00395. The van der Waals surface area contributed by atoms with Gasteiger partial charge in [0.05, 0.1) is 29.9 Å². The number of carbonyl (C=O) groups excluding carboxylic acids is 1. The molecule has 0 radical (unpaired) electrons. The van der Waals surface area contributed by atoms with Crippen LogP contribution in [0, 0.1) is 11.3 Å². The third-order valence-electron chi connectivity index (χ3n) is 4.31. The van der Waals surface area contributed by atoms with E-state index in [1.807, 2.05) is 13.8 Å². The molecule has 164 valence electrons. The summed E-state index contributed by atoms with van der Waals surface area (Å²) in [5.41, 5.74) is -0.242. The molecule has 0 spiro atoms. The molecule has 3 rings (SSSR count). The lowest BCUT2D eigenvalue weighted by Gasteiger charge is -2.16. The standard InChI is InChI=1S/C22H21F3N2O3S/c1-13(2)12-30-17-8-7-14(9-18(17)29-3)10-19-20(28)27(21(26)31-19)16-6-4-5-15(11-16)22(23,24)25/h4-11,13,26H,12H2,1-3H3/b19-10-,26-21?. The van der Waals surface area contributed by atoms with E-state index in [2.05, 4.69) is 0 Å². The number of carbonyl (C=O) groups is 1. The molecule has 31 heavy (non-hydrogen) atoms. The Morgan fingerprint density at radius 3 is 2.55 bits per heavy atom. The molecular weight excluding hydrogens is 429 g/mol. The van der Waals surface area contributed by atoms with Gasteiger partial charge in [-0.25, -0.2) is 0 Å². The van der Waals surface area contributed by atoms with E-state index >= 15 is 0 Å². The summed E-state index contributed by atoms with van der Waals surface area (Å²) >= 11 is 0.884.